The first-order chi connectivity index (χ1) is 16.3. The van der Waals surface area contributed by atoms with Gasteiger partial charge < -0.3 is 14.8 Å². The van der Waals surface area contributed by atoms with Gasteiger partial charge in [0.15, 0.2) is 0 Å². The van der Waals surface area contributed by atoms with E-state index in [0.717, 1.165) is 11.8 Å². The Bertz CT molecular complexity index is 1080. The van der Waals surface area contributed by atoms with E-state index in [1.165, 1.54) is 42.6 Å². The zero-order valence-corrected chi connectivity index (χ0v) is 20.1. The highest BCUT2D eigenvalue weighted by Gasteiger charge is 2.32. The largest absolute Gasteiger partial charge is 0.495 e. The van der Waals surface area contributed by atoms with E-state index in [9.17, 15) is 19.2 Å². The number of rotatable bonds is 8. The number of anilines is 1. The van der Waals surface area contributed by atoms with Crippen LogP contribution in [0.5, 0.6) is 5.75 Å². The Kier molecular flexibility index (Phi) is 8.72. The van der Waals surface area contributed by atoms with E-state index < -0.39 is 11.9 Å². The molecule has 3 amide bonds. The summed E-state index contributed by atoms with van der Waals surface area (Å²) in [4.78, 5) is 53.4. The minimum absolute atomic E-state index is 0.0125. The number of thioether (sulfide) groups is 1. The van der Waals surface area contributed by atoms with Gasteiger partial charge in [0, 0.05) is 24.3 Å². The van der Waals surface area contributed by atoms with E-state index in [0.29, 0.717) is 36.0 Å². The molecule has 1 N–H and O–H groups in total. The molecular formula is C22H23ClN4O6S. The molecule has 0 aliphatic carbocycles. The van der Waals surface area contributed by atoms with Crippen molar-refractivity contribution in [1.29, 1.82) is 0 Å². The third kappa shape index (κ3) is 6.17. The first-order valence-electron chi connectivity index (χ1n) is 10.2. The third-order valence-electron chi connectivity index (χ3n) is 4.85. The number of benzene rings is 1. The molecule has 34 heavy (non-hydrogen) atoms. The van der Waals surface area contributed by atoms with Gasteiger partial charge >= 0.3 is 5.97 Å². The minimum atomic E-state index is -0.556. The van der Waals surface area contributed by atoms with Crippen LogP contribution in [0.4, 0.5) is 5.69 Å². The Hall–Kier alpha value is -3.31. The van der Waals surface area contributed by atoms with Crippen LogP contribution in [0.25, 0.3) is 0 Å². The van der Waals surface area contributed by atoms with E-state index in [1.54, 1.807) is 18.2 Å². The fraction of sp³-hybridized carbons (Fsp3) is 0.318. The number of ether oxygens (including phenoxy) is 2. The number of nitrogens with zero attached hydrogens (tertiary/aromatic N) is 3. The molecule has 1 aliphatic rings. The van der Waals surface area contributed by atoms with Crippen molar-refractivity contribution in [3.05, 3.63) is 52.8 Å². The lowest BCUT2D eigenvalue weighted by atomic mass is 10.2. The number of halogens is 1. The van der Waals surface area contributed by atoms with Crippen LogP contribution in [0.3, 0.4) is 0 Å². The number of nitrogens with one attached hydrogen (secondary N) is 1. The van der Waals surface area contributed by atoms with Crippen molar-refractivity contribution >= 4 is 52.7 Å². The average Bonchev–Trinajstić information content (AvgIpc) is 3.33. The van der Waals surface area contributed by atoms with E-state index in [-0.39, 0.29) is 34.6 Å². The third-order valence-corrected chi connectivity index (χ3v) is 6.00. The number of esters is 1. The Morgan fingerprint density at radius 1 is 1.09 bits per heavy atom. The summed E-state index contributed by atoms with van der Waals surface area (Å²) in [5.41, 5.74) is 0.766. The number of amides is 3. The van der Waals surface area contributed by atoms with Crippen LogP contribution >= 0.6 is 23.4 Å². The van der Waals surface area contributed by atoms with Gasteiger partial charge in [-0.15, -0.1) is 11.8 Å². The second-order valence-corrected chi connectivity index (χ2v) is 8.53. The van der Waals surface area contributed by atoms with E-state index in [2.05, 4.69) is 15.0 Å². The summed E-state index contributed by atoms with van der Waals surface area (Å²) >= 11 is 7.10. The quantitative estimate of drug-likeness (QED) is 0.542. The zero-order chi connectivity index (χ0) is 24.7. The summed E-state index contributed by atoms with van der Waals surface area (Å²) in [6.45, 7) is 0.752. The molecule has 12 heteroatoms. The topological polar surface area (TPSA) is 118 Å². The zero-order valence-electron chi connectivity index (χ0n) is 18.6. The first kappa shape index (κ1) is 25.3. The Balaban J connectivity index is 1.53. The monoisotopic (exact) mass is 506 g/mol. The normalized spacial score (nSPS) is 12.9. The van der Waals surface area contributed by atoms with Gasteiger partial charge in [-0.2, -0.15) is 0 Å². The molecule has 10 nitrogen and oxygen atoms in total. The van der Waals surface area contributed by atoms with Gasteiger partial charge in [-0.1, -0.05) is 11.6 Å². The number of carbonyl (C=O) groups excluding carboxylic acids is 4. The molecular weight excluding hydrogens is 484 g/mol. The highest BCUT2D eigenvalue weighted by Crippen LogP contribution is 2.27. The SMILES string of the molecule is COC(=O)c1ccc(C(=O)N2CCCN2C(=O)CSCC(=O)Nc2cc(Cl)ccc2OC)nc1. The first-order valence-corrected chi connectivity index (χ1v) is 11.7. The molecule has 1 saturated heterocycles. The summed E-state index contributed by atoms with van der Waals surface area (Å²) in [6.07, 6.45) is 1.88. The van der Waals surface area contributed by atoms with Crippen molar-refractivity contribution in [2.75, 3.05) is 44.1 Å². The second kappa shape index (κ2) is 11.7. The lowest BCUT2D eigenvalue weighted by molar-refractivity contribution is -0.137. The van der Waals surface area contributed by atoms with Crippen LogP contribution in [0, 0.1) is 0 Å². The summed E-state index contributed by atoms with van der Waals surface area (Å²) in [5.74, 6) is -1.10. The molecule has 0 spiro atoms. The van der Waals surface area contributed by atoms with Crippen molar-refractivity contribution in [1.82, 2.24) is 15.0 Å². The second-order valence-electron chi connectivity index (χ2n) is 7.11. The summed E-state index contributed by atoms with van der Waals surface area (Å²) in [6, 6.07) is 7.73. The van der Waals surface area contributed by atoms with Crippen LogP contribution in [-0.4, -0.2) is 77.5 Å². The highest BCUT2D eigenvalue weighted by molar-refractivity contribution is 8.00. The number of hydrogen-bond acceptors (Lipinski definition) is 8. The Morgan fingerprint density at radius 2 is 1.85 bits per heavy atom. The smallest absolute Gasteiger partial charge is 0.339 e. The molecule has 0 atom stereocenters. The fourth-order valence-electron chi connectivity index (χ4n) is 3.24. The molecule has 1 aliphatic heterocycles. The van der Waals surface area contributed by atoms with Gasteiger partial charge in [-0.3, -0.25) is 24.4 Å². The molecule has 180 valence electrons. The Morgan fingerprint density at radius 3 is 2.53 bits per heavy atom. The highest BCUT2D eigenvalue weighted by atomic mass is 35.5. The van der Waals surface area contributed by atoms with Gasteiger partial charge in [0.1, 0.15) is 11.4 Å². The molecule has 1 fully saturated rings. The maximum Gasteiger partial charge on any atom is 0.339 e. The minimum Gasteiger partial charge on any atom is -0.495 e. The lowest BCUT2D eigenvalue weighted by Crippen LogP contribution is -2.46. The molecule has 0 unspecified atom stereocenters. The number of hydrogen-bond donors (Lipinski definition) is 1. The number of hydrazine groups is 1. The maximum absolute atomic E-state index is 12.8. The average molecular weight is 507 g/mol. The summed E-state index contributed by atoms with van der Waals surface area (Å²) < 4.78 is 9.82. The maximum atomic E-state index is 12.8. The lowest BCUT2D eigenvalue weighted by Gasteiger charge is -2.27. The van der Waals surface area contributed by atoms with Crippen molar-refractivity contribution in [2.45, 2.75) is 6.42 Å². The molecule has 1 aromatic heterocycles. The van der Waals surface area contributed by atoms with E-state index in [4.69, 9.17) is 16.3 Å². The molecule has 0 bridgehead atoms. The van der Waals surface area contributed by atoms with Gasteiger partial charge in [0.2, 0.25) is 5.91 Å². The van der Waals surface area contributed by atoms with Crippen LogP contribution in [0.2, 0.25) is 5.02 Å². The molecule has 0 radical (unpaired) electrons. The van der Waals surface area contributed by atoms with Gasteiger partial charge in [0.25, 0.3) is 11.8 Å². The fourth-order valence-corrected chi connectivity index (χ4v) is 4.10. The number of aromatic nitrogens is 1. The van der Waals surface area contributed by atoms with Crippen LogP contribution in [0.15, 0.2) is 36.5 Å². The molecule has 1 aromatic carbocycles. The molecule has 0 saturated carbocycles. The summed E-state index contributed by atoms with van der Waals surface area (Å²) in [5, 5.41) is 5.86. The summed E-state index contributed by atoms with van der Waals surface area (Å²) in [7, 11) is 2.74. The van der Waals surface area contributed by atoms with Crippen LogP contribution < -0.4 is 10.1 Å². The standard InChI is InChI=1S/C22H23ClN4O6S/c1-32-18-7-5-15(23)10-17(18)25-19(28)12-34-13-20(29)26-8-3-9-27(26)21(30)16-6-4-14(11-24-16)22(31)33-2/h4-7,10-11H,3,8-9,12-13H2,1-2H3,(H,25,28). The Labute approximate surface area is 205 Å². The van der Waals surface area contributed by atoms with E-state index >= 15 is 0 Å². The van der Waals surface area contributed by atoms with Gasteiger partial charge in [-0.25, -0.2) is 9.80 Å². The van der Waals surface area contributed by atoms with E-state index in [1.807, 2.05) is 0 Å². The van der Waals surface area contributed by atoms with Crippen molar-refractivity contribution in [2.24, 2.45) is 0 Å². The molecule has 2 heterocycles. The number of pyridine rings is 1. The van der Waals surface area contributed by atoms with Crippen molar-refractivity contribution < 1.29 is 28.7 Å². The predicted molar refractivity (Wildman–Crippen MR) is 127 cm³/mol. The number of carbonyl (C=O) groups is 4. The van der Waals surface area contributed by atoms with Crippen molar-refractivity contribution in [3.8, 4) is 5.75 Å². The van der Waals surface area contributed by atoms with Crippen molar-refractivity contribution in [3.63, 3.8) is 0 Å². The predicted octanol–water partition coefficient (Wildman–Crippen LogP) is 2.49. The van der Waals surface area contributed by atoms with Crippen LogP contribution in [-0.2, 0) is 14.3 Å². The molecule has 2 aromatic rings. The van der Waals surface area contributed by atoms with Crippen LogP contribution in [0.1, 0.15) is 27.3 Å². The molecule has 3 rings (SSSR count). The van der Waals surface area contributed by atoms with Gasteiger partial charge in [-0.05, 0) is 36.8 Å². The van der Waals surface area contributed by atoms with Gasteiger partial charge in [0.05, 0.1) is 37.0 Å². The number of methoxy groups -OCH3 is 2.